The Morgan fingerprint density at radius 2 is 2.00 bits per heavy atom. The minimum absolute atomic E-state index is 0.362. The predicted molar refractivity (Wildman–Crippen MR) is 46.7 cm³/mol. The number of benzene rings is 1. The van der Waals surface area contributed by atoms with Crippen molar-refractivity contribution in [3.8, 4) is 0 Å². The first-order valence-corrected chi connectivity index (χ1v) is 9.45. The molecule has 0 aliphatic carbocycles. The molecule has 0 saturated heterocycles. The molecule has 0 aliphatic rings. The van der Waals surface area contributed by atoms with Gasteiger partial charge in [-0.3, -0.25) is 0 Å². The van der Waals surface area contributed by atoms with E-state index in [1.54, 1.807) is 0 Å². The van der Waals surface area contributed by atoms with Gasteiger partial charge in [-0.15, -0.1) is 0 Å². The molecule has 0 saturated carbocycles. The summed E-state index contributed by atoms with van der Waals surface area (Å²) in [5.74, 6) is 0. The van der Waals surface area contributed by atoms with Crippen molar-refractivity contribution < 1.29 is 22.2 Å². The summed E-state index contributed by atoms with van der Waals surface area (Å²) < 4.78 is 1.34. The number of hydrogen-bond acceptors (Lipinski definition) is 2. The first-order chi connectivity index (χ1) is 5.38. The molecule has 0 bridgehead atoms. The predicted octanol–water partition coefficient (Wildman–Crippen LogP) is 1.16. The first-order valence-electron chi connectivity index (χ1n) is 3.12. The molecule has 0 aliphatic heterocycles. The van der Waals surface area contributed by atoms with Crippen LogP contribution in [0.15, 0.2) is 30.3 Å². The van der Waals surface area contributed by atoms with Gasteiger partial charge in [-0.25, -0.2) is 0 Å². The van der Waals surface area contributed by atoms with E-state index in [0.717, 1.165) is 0 Å². The van der Waals surface area contributed by atoms with Gasteiger partial charge in [0.2, 0.25) is 0 Å². The van der Waals surface area contributed by atoms with E-state index in [2.05, 4.69) is 18.4 Å². The second-order valence-corrected chi connectivity index (χ2v) is 10.8. The summed E-state index contributed by atoms with van der Waals surface area (Å²) in [6.07, 6.45) is 2.07. The zero-order valence-electron chi connectivity index (χ0n) is 6.25. The van der Waals surface area contributed by atoms with Crippen LogP contribution in [-0.2, 0) is 17.1 Å². The van der Waals surface area contributed by atoms with E-state index in [9.17, 15) is 0 Å². The zero-order chi connectivity index (χ0) is 8.10. The van der Waals surface area contributed by atoms with Gasteiger partial charge >= 0.3 is 76.6 Å². The summed E-state index contributed by atoms with van der Waals surface area (Å²) in [7, 11) is 1.82. The van der Waals surface area contributed by atoms with Crippen molar-refractivity contribution in [3.05, 3.63) is 30.3 Å². The van der Waals surface area contributed by atoms with E-state index in [-0.39, 0.29) is 0 Å². The van der Waals surface area contributed by atoms with Crippen molar-refractivity contribution in [3.63, 3.8) is 0 Å². The van der Waals surface area contributed by atoms with Crippen LogP contribution in [-0.4, -0.2) is 16.2 Å². The molecular weight excluding hydrogens is 341 g/mol. The fraction of sp³-hybridized carbons (Fsp3) is 0.250. The maximum absolute atomic E-state index is 9.02. The van der Waals surface area contributed by atoms with Crippen LogP contribution in [0.5, 0.6) is 0 Å². The maximum atomic E-state index is 9.02. The molecule has 3 heteroatoms. The van der Waals surface area contributed by atoms with Crippen LogP contribution in [0.25, 0.3) is 0 Å². The Morgan fingerprint density at radius 3 is 2.45 bits per heavy atom. The van der Waals surface area contributed by atoms with Crippen LogP contribution in [0.2, 0.25) is 0 Å². The summed E-state index contributed by atoms with van der Waals surface area (Å²) in [6.45, 7) is 0. The summed E-state index contributed by atoms with van der Waals surface area (Å²) in [4.78, 5) is 0.362. The molecule has 1 N–H and O–H groups in total. The third kappa shape index (κ3) is 2.65. The summed E-state index contributed by atoms with van der Waals surface area (Å²) >= 11 is -1.17. The average molecular weight is 352 g/mol. The quantitative estimate of drug-likeness (QED) is 0.824. The Hall–Kier alpha value is 0.270. The van der Waals surface area contributed by atoms with E-state index >= 15 is 0 Å². The van der Waals surface area contributed by atoms with Gasteiger partial charge in [0, 0.05) is 0 Å². The second kappa shape index (κ2) is 5.01. The Bertz CT molecular complexity index is 199. The molecule has 0 amide bonds. The Labute approximate surface area is 76.5 Å². The van der Waals surface area contributed by atoms with E-state index in [4.69, 9.17) is 5.11 Å². The molecule has 1 nitrogen and oxygen atoms in total. The SMILES string of the molecule is C[S][Au]([CH2]O)[c]1ccccc1. The third-order valence-corrected chi connectivity index (χ3v) is 9.18. The fourth-order valence-corrected chi connectivity index (χ4v) is 5.56. The molecule has 0 spiro atoms. The average Bonchev–Trinajstić information content (AvgIpc) is 2.09. The summed E-state index contributed by atoms with van der Waals surface area (Å²) in [5, 5.41) is 9.02. The molecule has 11 heavy (non-hydrogen) atoms. The molecule has 0 aromatic heterocycles. The van der Waals surface area contributed by atoms with Gasteiger partial charge in [0.05, 0.1) is 0 Å². The minimum atomic E-state index is -1.17. The van der Waals surface area contributed by atoms with E-state index in [1.165, 1.54) is 3.78 Å². The molecule has 1 rings (SSSR count). The third-order valence-electron chi connectivity index (χ3n) is 1.14. The van der Waals surface area contributed by atoms with Crippen LogP contribution in [0.4, 0.5) is 0 Å². The molecule has 0 heterocycles. The standard InChI is InChI=1S/C6H5.CH3O.CH4S.Au/c1-2-4-6-5-3-1;2*1-2;/h1-5H;2H,1H2;2H,1H3;/q;;;+1/p-1. The topological polar surface area (TPSA) is 20.2 Å². The molecular formula is C8H11AuOS. The van der Waals surface area contributed by atoms with Crippen molar-refractivity contribution in [2.75, 3.05) is 11.1 Å². The van der Waals surface area contributed by atoms with E-state index in [0.29, 0.717) is 4.82 Å². The van der Waals surface area contributed by atoms with Crippen molar-refractivity contribution in [1.82, 2.24) is 0 Å². The van der Waals surface area contributed by atoms with Crippen LogP contribution in [0.1, 0.15) is 0 Å². The summed E-state index contributed by atoms with van der Waals surface area (Å²) in [6, 6.07) is 10.3. The van der Waals surface area contributed by atoms with Crippen molar-refractivity contribution in [1.29, 1.82) is 0 Å². The van der Waals surface area contributed by atoms with Crippen LogP contribution < -0.4 is 3.78 Å². The molecule has 0 atom stereocenters. The van der Waals surface area contributed by atoms with Crippen molar-refractivity contribution in [2.45, 2.75) is 0 Å². The van der Waals surface area contributed by atoms with Gasteiger partial charge in [-0.05, 0) is 0 Å². The van der Waals surface area contributed by atoms with Crippen LogP contribution in [0.3, 0.4) is 0 Å². The van der Waals surface area contributed by atoms with Gasteiger partial charge in [0.25, 0.3) is 0 Å². The molecule has 0 radical (unpaired) electrons. The van der Waals surface area contributed by atoms with E-state index < -0.39 is 17.1 Å². The monoisotopic (exact) mass is 352 g/mol. The van der Waals surface area contributed by atoms with Gasteiger partial charge in [-0.2, -0.15) is 0 Å². The van der Waals surface area contributed by atoms with Crippen LogP contribution >= 0.6 is 9.23 Å². The molecule has 0 unspecified atom stereocenters. The Morgan fingerprint density at radius 1 is 1.36 bits per heavy atom. The second-order valence-electron chi connectivity index (χ2n) is 1.73. The van der Waals surface area contributed by atoms with Crippen molar-refractivity contribution >= 4 is 13.0 Å². The Balaban J connectivity index is 2.74. The molecule has 1 aromatic rings. The van der Waals surface area contributed by atoms with Gasteiger partial charge in [0.15, 0.2) is 0 Å². The van der Waals surface area contributed by atoms with Gasteiger partial charge in [0.1, 0.15) is 0 Å². The Kier molecular flexibility index (Phi) is 4.26. The molecule has 66 valence electrons. The number of hydrogen-bond donors (Lipinski definition) is 1. The number of aliphatic hydroxyl groups excluding tert-OH is 1. The normalized spacial score (nSPS) is 11.3. The molecule has 0 fully saturated rings. The van der Waals surface area contributed by atoms with E-state index in [1.807, 2.05) is 27.4 Å². The number of aliphatic hydroxyl groups is 1. The first kappa shape index (κ1) is 9.36. The van der Waals surface area contributed by atoms with Crippen LogP contribution in [0, 0.1) is 0 Å². The van der Waals surface area contributed by atoms with Crippen molar-refractivity contribution in [2.24, 2.45) is 0 Å². The van der Waals surface area contributed by atoms with Gasteiger partial charge in [-0.1, -0.05) is 0 Å². The fourth-order valence-electron chi connectivity index (χ4n) is 0.677. The zero-order valence-corrected chi connectivity index (χ0v) is 9.23. The number of rotatable bonds is 3. The summed E-state index contributed by atoms with van der Waals surface area (Å²) in [5.41, 5.74) is 0. The van der Waals surface area contributed by atoms with Gasteiger partial charge < -0.3 is 0 Å². The molecule has 1 aromatic carbocycles.